The minimum Gasteiger partial charge on any atom is -0.488 e. The number of carbonyl (C=O) groups is 1. The van der Waals surface area contributed by atoms with Crippen LogP contribution in [0.1, 0.15) is 58.3 Å². The molecule has 0 amide bonds. The number of ether oxygens (including phenoxy) is 1. The van der Waals surface area contributed by atoms with Crippen LogP contribution in [0.2, 0.25) is 0 Å². The Labute approximate surface area is 158 Å². The zero-order chi connectivity index (χ0) is 20.0. The van der Waals surface area contributed by atoms with E-state index >= 15 is 0 Å². The Bertz CT molecular complexity index is 607. The quantitative estimate of drug-likeness (QED) is 0.441. The number of rotatable bonds is 8. The summed E-state index contributed by atoms with van der Waals surface area (Å²) in [6, 6.07) is 0. The highest BCUT2D eigenvalue weighted by Gasteiger charge is 2.66. The maximum Gasteiger partial charge on any atom is 0.310 e. The van der Waals surface area contributed by atoms with Crippen molar-refractivity contribution in [2.45, 2.75) is 82.5 Å². The summed E-state index contributed by atoms with van der Waals surface area (Å²) in [5, 5.41) is 28.5. The summed E-state index contributed by atoms with van der Waals surface area (Å²) in [4.78, 5) is 10.5. The SMILES string of the molecule is CCCCC[C@H](O)C#C[C@@H]1[C@H]2CC(=CCCCC(=O)O)O[C@H]2C(F)(F)[C@H]1O. The van der Waals surface area contributed by atoms with Crippen LogP contribution in [0.25, 0.3) is 0 Å². The topological polar surface area (TPSA) is 87.0 Å². The van der Waals surface area contributed by atoms with Crippen LogP contribution in [0.5, 0.6) is 0 Å². The van der Waals surface area contributed by atoms with Crippen molar-refractivity contribution in [3.05, 3.63) is 11.8 Å². The van der Waals surface area contributed by atoms with E-state index in [-0.39, 0.29) is 12.8 Å². The first-order chi connectivity index (χ1) is 12.8. The normalized spacial score (nSPS) is 31.1. The number of carboxylic acid groups (broad SMARTS) is 1. The molecule has 7 heteroatoms. The molecule has 0 aromatic rings. The van der Waals surface area contributed by atoms with Crippen molar-refractivity contribution in [2.24, 2.45) is 11.8 Å². The molecule has 27 heavy (non-hydrogen) atoms. The lowest BCUT2D eigenvalue weighted by Gasteiger charge is -2.21. The fraction of sp³-hybridized carbons (Fsp3) is 0.750. The van der Waals surface area contributed by atoms with Crippen molar-refractivity contribution in [2.75, 3.05) is 0 Å². The van der Waals surface area contributed by atoms with Crippen molar-refractivity contribution in [1.29, 1.82) is 0 Å². The number of hydrogen-bond acceptors (Lipinski definition) is 4. The Morgan fingerprint density at radius 1 is 1.41 bits per heavy atom. The molecule has 0 bridgehead atoms. The average molecular weight is 386 g/mol. The number of halogens is 2. The Balaban J connectivity index is 2.01. The van der Waals surface area contributed by atoms with Gasteiger partial charge in [-0.05, 0) is 31.8 Å². The van der Waals surface area contributed by atoms with Crippen LogP contribution in [-0.2, 0) is 9.53 Å². The first-order valence-corrected chi connectivity index (χ1v) is 9.59. The van der Waals surface area contributed by atoms with E-state index in [0.717, 1.165) is 19.3 Å². The molecule has 1 aliphatic carbocycles. The van der Waals surface area contributed by atoms with Crippen LogP contribution in [0.4, 0.5) is 8.78 Å². The molecule has 2 aliphatic rings. The minimum absolute atomic E-state index is 0.00946. The molecular formula is C20H28F2O5. The molecule has 1 saturated carbocycles. The number of allylic oxidation sites excluding steroid dienone is 2. The second-order valence-electron chi connectivity index (χ2n) is 7.31. The molecule has 152 valence electrons. The number of aliphatic carboxylic acids is 1. The predicted octanol–water partition coefficient (Wildman–Crippen LogP) is 3.10. The summed E-state index contributed by atoms with van der Waals surface area (Å²) in [6.07, 6.45) is 1.77. The summed E-state index contributed by atoms with van der Waals surface area (Å²) in [5.41, 5.74) is 0. The molecule has 2 rings (SSSR count). The van der Waals surface area contributed by atoms with Crippen LogP contribution in [-0.4, -0.2) is 45.5 Å². The number of unbranched alkanes of at least 4 members (excludes halogenated alkanes) is 3. The first-order valence-electron chi connectivity index (χ1n) is 9.59. The zero-order valence-electron chi connectivity index (χ0n) is 15.5. The number of aliphatic hydroxyl groups excluding tert-OH is 2. The third-order valence-corrected chi connectivity index (χ3v) is 5.14. The molecule has 0 spiro atoms. The second kappa shape index (κ2) is 9.52. The summed E-state index contributed by atoms with van der Waals surface area (Å²) in [7, 11) is 0. The number of carboxylic acids is 1. The summed E-state index contributed by atoms with van der Waals surface area (Å²) >= 11 is 0. The number of alkyl halides is 2. The average Bonchev–Trinajstić information content (AvgIpc) is 3.09. The fourth-order valence-electron chi connectivity index (χ4n) is 3.65. The maximum absolute atomic E-state index is 14.4. The van der Waals surface area contributed by atoms with Gasteiger partial charge in [-0.2, -0.15) is 8.78 Å². The first kappa shape index (κ1) is 21.6. The second-order valence-corrected chi connectivity index (χ2v) is 7.31. The van der Waals surface area contributed by atoms with Gasteiger partial charge in [0.05, 0.1) is 11.7 Å². The van der Waals surface area contributed by atoms with E-state index in [1.54, 1.807) is 6.08 Å². The lowest BCUT2D eigenvalue weighted by atomic mass is 9.91. The molecule has 5 atom stereocenters. The van der Waals surface area contributed by atoms with Crippen LogP contribution in [0.15, 0.2) is 11.8 Å². The van der Waals surface area contributed by atoms with E-state index in [9.17, 15) is 23.8 Å². The fourth-order valence-corrected chi connectivity index (χ4v) is 3.65. The van der Waals surface area contributed by atoms with E-state index in [0.29, 0.717) is 25.0 Å². The number of hydrogen-bond donors (Lipinski definition) is 3. The van der Waals surface area contributed by atoms with Gasteiger partial charge < -0.3 is 20.1 Å². The lowest BCUT2D eigenvalue weighted by Crippen LogP contribution is -2.39. The van der Waals surface area contributed by atoms with Gasteiger partial charge in [0.1, 0.15) is 12.2 Å². The molecule has 1 aliphatic heterocycles. The Morgan fingerprint density at radius 3 is 2.81 bits per heavy atom. The summed E-state index contributed by atoms with van der Waals surface area (Å²) in [5.74, 6) is -0.227. The molecular weight excluding hydrogens is 358 g/mol. The molecule has 2 fully saturated rings. The van der Waals surface area contributed by atoms with Crippen molar-refractivity contribution < 1.29 is 33.6 Å². The van der Waals surface area contributed by atoms with Crippen LogP contribution < -0.4 is 0 Å². The van der Waals surface area contributed by atoms with E-state index in [2.05, 4.69) is 11.8 Å². The zero-order valence-corrected chi connectivity index (χ0v) is 15.5. The van der Waals surface area contributed by atoms with Gasteiger partial charge >= 0.3 is 11.9 Å². The standard InChI is InChI=1S/C20H28F2O5/c1-2-3-4-7-13(23)10-11-15-16-12-14(8-5-6-9-17(24)25)27-19(16)20(21,22)18(15)26/h8,13,15-16,18-19,23,26H,2-7,9,12H2,1H3,(H,24,25)/t13-,15+,16+,18-,19+/m0/s1. The van der Waals surface area contributed by atoms with E-state index < -0.39 is 42.0 Å². The highest BCUT2D eigenvalue weighted by molar-refractivity contribution is 5.66. The van der Waals surface area contributed by atoms with Gasteiger partial charge in [0.2, 0.25) is 0 Å². The molecule has 0 aromatic carbocycles. The van der Waals surface area contributed by atoms with Gasteiger partial charge in [-0.1, -0.05) is 31.6 Å². The number of aliphatic hydroxyl groups is 2. The van der Waals surface area contributed by atoms with Crippen molar-refractivity contribution in [1.82, 2.24) is 0 Å². The molecule has 3 N–H and O–H groups in total. The van der Waals surface area contributed by atoms with Crippen molar-refractivity contribution in [3.8, 4) is 11.8 Å². The third kappa shape index (κ3) is 5.43. The smallest absolute Gasteiger partial charge is 0.310 e. The van der Waals surface area contributed by atoms with Crippen LogP contribution in [0, 0.1) is 23.7 Å². The van der Waals surface area contributed by atoms with Crippen molar-refractivity contribution >= 4 is 5.97 Å². The minimum atomic E-state index is -3.41. The van der Waals surface area contributed by atoms with Gasteiger partial charge in [0.15, 0.2) is 6.10 Å². The Morgan fingerprint density at radius 2 is 2.15 bits per heavy atom. The van der Waals surface area contributed by atoms with E-state index in [4.69, 9.17) is 9.84 Å². The molecule has 5 nitrogen and oxygen atoms in total. The molecule has 0 unspecified atom stereocenters. The molecule has 1 saturated heterocycles. The summed E-state index contributed by atoms with van der Waals surface area (Å²) < 4.78 is 34.1. The number of fused-ring (bicyclic) bond motifs is 1. The summed E-state index contributed by atoms with van der Waals surface area (Å²) in [6.45, 7) is 2.04. The van der Waals surface area contributed by atoms with Gasteiger partial charge in [0, 0.05) is 18.8 Å². The molecule has 1 heterocycles. The highest BCUT2D eigenvalue weighted by Crippen LogP contribution is 2.52. The largest absolute Gasteiger partial charge is 0.488 e. The molecule has 0 radical (unpaired) electrons. The van der Waals surface area contributed by atoms with Gasteiger partial charge in [0.25, 0.3) is 0 Å². The monoisotopic (exact) mass is 386 g/mol. The Kier molecular flexibility index (Phi) is 7.63. The molecule has 0 aromatic heterocycles. The van der Waals surface area contributed by atoms with Crippen LogP contribution in [0.3, 0.4) is 0 Å². The van der Waals surface area contributed by atoms with Gasteiger partial charge in [-0.3, -0.25) is 4.79 Å². The van der Waals surface area contributed by atoms with Gasteiger partial charge in [-0.15, -0.1) is 0 Å². The Hall–Kier alpha value is -1.65. The van der Waals surface area contributed by atoms with E-state index in [1.807, 2.05) is 6.92 Å². The van der Waals surface area contributed by atoms with Crippen molar-refractivity contribution in [3.63, 3.8) is 0 Å². The highest BCUT2D eigenvalue weighted by atomic mass is 19.3. The predicted molar refractivity (Wildman–Crippen MR) is 94.9 cm³/mol. The van der Waals surface area contributed by atoms with Crippen LogP contribution >= 0.6 is 0 Å². The van der Waals surface area contributed by atoms with E-state index in [1.165, 1.54) is 0 Å². The maximum atomic E-state index is 14.4. The van der Waals surface area contributed by atoms with Gasteiger partial charge in [-0.25, -0.2) is 0 Å². The lowest BCUT2D eigenvalue weighted by molar-refractivity contribution is -0.149. The third-order valence-electron chi connectivity index (χ3n) is 5.14.